The normalized spacial score (nSPS) is 9.20. The van der Waals surface area contributed by atoms with Gasteiger partial charge in [-0.25, -0.2) is 14.8 Å². The van der Waals surface area contributed by atoms with Crippen LogP contribution in [-0.4, -0.2) is 26.4 Å². The summed E-state index contributed by atoms with van der Waals surface area (Å²) in [5.74, 6) is -0.380. The van der Waals surface area contributed by atoms with Crippen molar-refractivity contribution in [3.63, 3.8) is 0 Å². The van der Waals surface area contributed by atoms with Gasteiger partial charge in [-0.1, -0.05) is 0 Å². The highest BCUT2D eigenvalue weighted by Gasteiger charge is 2.02. The third-order valence-corrected chi connectivity index (χ3v) is 1.35. The van der Waals surface area contributed by atoms with Crippen molar-refractivity contribution >= 4 is 16.5 Å². The van der Waals surface area contributed by atoms with Gasteiger partial charge < -0.3 is 4.43 Å². The maximum Gasteiger partial charge on any atom is 0.343 e. The van der Waals surface area contributed by atoms with Crippen LogP contribution in [0, 0.1) is 0 Å². The lowest BCUT2D eigenvalue weighted by Crippen LogP contribution is -2.04. The van der Waals surface area contributed by atoms with Gasteiger partial charge in [0.25, 0.3) is 0 Å². The van der Waals surface area contributed by atoms with E-state index in [2.05, 4.69) is 14.4 Å². The molecule has 5 heteroatoms. The standard InChI is InChI=1S/C5H6N2O2Si/c8-5(9-10)4-1-2-6-3-7-4/h1-3H,10H3. The molecule has 1 aromatic heterocycles. The van der Waals surface area contributed by atoms with Gasteiger partial charge in [-0.3, -0.25) is 0 Å². The quantitative estimate of drug-likeness (QED) is 0.482. The van der Waals surface area contributed by atoms with Crippen molar-refractivity contribution in [2.45, 2.75) is 0 Å². The summed E-state index contributed by atoms with van der Waals surface area (Å²) in [5.41, 5.74) is 0.310. The van der Waals surface area contributed by atoms with Gasteiger partial charge in [0.15, 0.2) is 0 Å². The van der Waals surface area contributed by atoms with Crippen LogP contribution in [0.5, 0.6) is 0 Å². The van der Waals surface area contributed by atoms with Crippen LogP contribution in [0.2, 0.25) is 0 Å². The first-order valence-electron chi connectivity index (χ1n) is 2.69. The second kappa shape index (κ2) is 3.07. The van der Waals surface area contributed by atoms with Gasteiger partial charge >= 0.3 is 5.97 Å². The predicted octanol–water partition coefficient (Wildman–Crippen LogP) is -1.09. The lowest BCUT2D eigenvalue weighted by molar-refractivity contribution is 0.0743. The molecule has 0 radical (unpaired) electrons. The molecule has 4 nitrogen and oxygen atoms in total. The Morgan fingerprint density at radius 2 is 2.50 bits per heavy atom. The van der Waals surface area contributed by atoms with E-state index in [0.29, 0.717) is 16.2 Å². The van der Waals surface area contributed by atoms with Crippen molar-refractivity contribution in [3.8, 4) is 0 Å². The van der Waals surface area contributed by atoms with E-state index in [-0.39, 0.29) is 5.97 Å². The molecule has 0 amide bonds. The number of hydrogen-bond acceptors (Lipinski definition) is 4. The van der Waals surface area contributed by atoms with E-state index < -0.39 is 0 Å². The molecule has 0 saturated heterocycles. The first-order chi connectivity index (χ1) is 4.84. The van der Waals surface area contributed by atoms with E-state index in [0.717, 1.165) is 0 Å². The molecule has 1 heterocycles. The minimum atomic E-state index is -0.380. The average Bonchev–Trinajstić information content (AvgIpc) is 2.05. The van der Waals surface area contributed by atoms with Gasteiger partial charge in [0.05, 0.1) is 0 Å². The SMILES string of the molecule is O=C(O[SiH3])c1ccncn1. The van der Waals surface area contributed by atoms with Crippen LogP contribution in [0.3, 0.4) is 0 Å². The number of aromatic nitrogens is 2. The van der Waals surface area contributed by atoms with Gasteiger partial charge in [-0.15, -0.1) is 0 Å². The van der Waals surface area contributed by atoms with E-state index in [4.69, 9.17) is 0 Å². The first-order valence-corrected chi connectivity index (χ1v) is 3.50. The smallest absolute Gasteiger partial charge is 0.343 e. The maximum atomic E-state index is 10.7. The first kappa shape index (κ1) is 6.88. The Morgan fingerprint density at radius 1 is 1.70 bits per heavy atom. The molecule has 0 atom stereocenters. The molecule has 0 aliphatic heterocycles. The molecule has 0 aliphatic carbocycles. The van der Waals surface area contributed by atoms with Crippen LogP contribution < -0.4 is 0 Å². The molecule has 0 N–H and O–H groups in total. The topological polar surface area (TPSA) is 52.1 Å². The zero-order valence-electron chi connectivity index (χ0n) is 5.44. The monoisotopic (exact) mass is 154 g/mol. The third-order valence-electron chi connectivity index (χ3n) is 0.976. The Hall–Kier alpha value is -1.23. The van der Waals surface area contributed by atoms with Gasteiger partial charge in [0, 0.05) is 6.20 Å². The summed E-state index contributed by atoms with van der Waals surface area (Å²) in [5, 5.41) is 0. The van der Waals surface area contributed by atoms with Gasteiger partial charge in [-0.05, 0) is 6.07 Å². The molecular weight excluding hydrogens is 148 g/mol. The second-order valence-electron chi connectivity index (χ2n) is 1.59. The van der Waals surface area contributed by atoms with Crippen LogP contribution in [0.1, 0.15) is 10.5 Å². The zero-order valence-corrected chi connectivity index (χ0v) is 7.44. The summed E-state index contributed by atoms with van der Waals surface area (Å²) >= 11 is 0. The minimum absolute atomic E-state index is 0.310. The minimum Gasteiger partial charge on any atom is -0.524 e. The largest absolute Gasteiger partial charge is 0.524 e. The number of rotatable bonds is 1. The fourth-order valence-corrected chi connectivity index (χ4v) is 0.725. The molecular formula is C5H6N2O2Si. The lowest BCUT2D eigenvalue weighted by atomic mass is 10.4. The highest BCUT2D eigenvalue weighted by molar-refractivity contribution is 6.08. The zero-order chi connectivity index (χ0) is 7.40. The molecule has 1 rings (SSSR count). The third kappa shape index (κ3) is 1.38. The van der Waals surface area contributed by atoms with Crippen molar-refractivity contribution in [2.75, 3.05) is 0 Å². The predicted molar refractivity (Wildman–Crippen MR) is 37.4 cm³/mol. The van der Waals surface area contributed by atoms with Gasteiger partial charge in [-0.2, -0.15) is 0 Å². The van der Waals surface area contributed by atoms with Crippen molar-refractivity contribution < 1.29 is 9.22 Å². The fourth-order valence-electron chi connectivity index (χ4n) is 0.516. The van der Waals surface area contributed by atoms with E-state index in [9.17, 15) is 4.79 Å². The van der Waals surface area contributed by atoms with E-state index in [1.165, 1.54) is 18.6 Å². The van der Waals surface area contributed by atoms with E-state index >= 15 is 0 Å². The molecule has 10 heavy (non-hydrogen) atoms. The Labute approximate surface area is 60.8 Å². The summed E-state index contributed by atoms with van der Waals surface area (Å²) < 4.78 is 4.55. The van der Waals surface area contributed by atoms with Crippen molar-refractivity contribution in [2.24, 2.45) is 0 Å². The van der Waals surface area contributed by atoms with Crippen LogP contribution in [0.25, 0.3) is 0 Å². The Kier molecular flexibility index (Phi) is 2.11. The highest BCUT2D eigenvalue weighted by atomic mass is 28.2. The molecule has 0 saturated carbocycles. The molecule has 0 fully saturated rings. The number of nitrogens with zero attached hydrogens (tertiary/aromatic N) is 2. The average molecular weight is 154 g/mol. The van der Waals surface area contributed by atoms with Crippen LogP contribution in [0.4, 0.5) is 0 Å². The molecule has 0 bridgehead atoms. The van der Waals surface area contributed by atoms with E-state index in [1.807, 2.05) is 0 Å². The fraction of sp³-hybridized carbons (Fsp3) is 0. The van der Waals surface area contributed by atoms with Crippen molar-refractivity contribution in [1.29, 1.82) is 0 Å². The van der Waals surface area contributed by atoms with E-state index in [1.54, 1.807) is 0 Å². The van der Waals surface area contributed by atoms with Crippen molar-refractivity contribution in [1.82, 2.24) is 9.97 Å². The summed E-state index contributed by atoms with van der Waals surface area (Å²) in [6.07, 6.45) is 2.81. The summed E-state index contributed by atoms with van der Waals surface area (Å²) in [4.78, 5) is 18.1. The van der Waals surface area contributed by atoms with Gasteiger partial charge in [0.2, 0.25) is 10.5 Å². The van der Waals surface area contributed by atoms with Crippen molar-refractivity contribution in [3.05, 3.63) is 24.3 Å². The van der Waals surface area contributed by atoms with Crippen LogP contribution in [-0.2, 0) is 4.43 Å². The molecule has 0 aromatic carbocycles. The summed E-state index contributed by atoms with van der Waals surface area (Å²) in [7, 11) is 0.398. The number of hydrogen-bond donors (Lipinski definition) is 0. The Morgan fingerprint density at radius 3 is 3.00 bits per heavy atom. The molecule has 0 spiro atoms. The van der Waals surface area contributed by atoms with Crippen LogP contribution in [0.15, 0.2) is 18.6 Å². The molecule has 1 aromatic rings. The van der Waals surface area contributed by atoms with Gasteiger partial charge in [0.1, 0.15) is 12.0 Å². The lowest BCUT2D eigenvalue weighted by Gasteiger charge is -1.94. The Balaban J connectivity index is 2.85. The number of carbonyl (C=O) groups is 1. The molecule has 0 unspecified atom stereocenters. The molecule has 52 valence electrons. The maximum absolute atomic E-state index is 10.7. The highest BCUT2D eigenvalue weighted by Crippen LogP contribution is 1.91. The summed E-state index contributed by atoms with van der Waals surface area (Å²) in [6, 6.07) is 1.51. The number of carbonyl (C=O) groups excluding carboxylic acids is 1. The summed E-state index contributed by atoms with van der Waals surface area (Å²) in [6.45, 7) is 0. The molecule has 0 aliphatic rings. The van der Waals surface area contributed by atoms with Crippen LogP contribution >= 0.6 is 0 Å². The Bertz CT molecular complexity index is 226. The second-order valence-corrected chi connectivity index (χ2v) is 1.99.